The molecule has 34 heavy (non-hydrogen) atoms. The SMILES string of the molecule is CCOc1cc(/C=C(/C#N)C(=O)Nc2cccc(Cl)c2Cl)cc(Cl)c1OCc1ccc(I)cc1. The van der Waals surface area contributed by atoms with Crippen molar-refractivity contribution < 1.29 is 14.3 Å². The van der Waals surface area contributed by atoms with Gasteiger partial charge in [0, 0.05) is 3.57 Å². The molecule has 3 rings (SSSR count). The number of carbonyl (C=O) groups excluding carboxylic acids is 1. The fourth-order valence-electron chi connectivity index (χ4n) is 2.92. The summed E-state index contributed by atoms with van der Waals surface area (Å²) in [5, 5.41) is 12.9. The lowest BCUT2D eigenvalue weighted by Gasteiger charge is -2.15. The number of benzene rings is 3. The molecule has 0 saturated heterocycles. The summed E-state index contributed by atoms with van der Waals surface area (Å²) in [6, 6.07) is 17.9. The molecule has 0 radical (unpaired) electrons. The van der Waals surface area contributed by atoms with Crippen LogP contribution in [0.25, 0.3) is 6.08 Å². The first kappa shape index (κ1) is 26.2. The Morgan fingerprint density at radius 1 is 1.09 bits per heavy atom. The summed E-state index contributed by atoms with van der Waals surface area (Å²) in [4.78, 5) is 12.7. The van der Waals surface area contributed by atoms with Gasteiger partial charge in [-0.25, -0.2) is 0 Å². The van der Waals surface area contributed by atoms with Crippen LogP contribution < -0.4 is 14.8 Å². The van der Waals surface area contributed by atoms with E-state index >= 15 is 0 Å². The van der Waals surface area contributed by atoms with Crippen molar-refractivity contribution in [3.05, 3.63) is 89.9 Å². The van der Waals surface area contributed by atoms with Crippen molar-refractivity contribution in [3.8, 4) is 17.6 Å². The van der Waals surface area contributed by atoms with Crippen LogP contribution in [0.4, 0.5) is 5.69 Å². The molecule has 0 atom stereocenters. The van der Waals surface area contributed by atoms with E-state index < -0.39 is 5.91 Å². The standard InChI is InChI=1S/C25H18Cl3IN2O3/c1-2-33-22-12-16(11-20(27)24(22)34-14-15-6-8-18(29)9-7-15)10-17(13-30)25(32)31-21-5-3-4-19(26)23(21)28/h3-12H,2,14H2,1H3,(H,31,32)/b17-10-. The molecule has 0 aromatic heterocycles. The second-order valence-electron chi connectivity index (χ2n) is 6.90. The molecular formula is C25H18Cl3IN2O3. The lowest BCUT2D eigenvalue weighted by Crippen LogP contribution is -2.13. The van der Waals surface area contributed by atoms with Gasteiger partial charge in [-0.3, -0.25) is 4.79 Å². The Kier molecular flexibility index (Phi) is 9.48. The number of hydrogen-bond acceptors (Lipinski definition) is 4. The van der Waals surface area contributed by atoms with Gasteiger partial charge in [0.2, 0.25) is 0 Å². The number of anilines is 1. The minimum Gasteiger partial charge on any atom is -0.490 e. The highest BCUT2D eigenvalue weighted by Gasteiger charge is 2.16. The van der Waals surface area contributed by atoms with Gasteiger partial charge in [-0.05, 0) is 83.1 Å². The Morgan fingerprint density at radius 3 is 2.50 bits per heavy atom. The number of nitrogens with one attached hydrogen (secondary N) is 1. The van der Waals surface area contributed by atoms with Gasteiger partial charge in [0.1, 0.15) is 18.2 Å². The van der Waals surface area contributed by atoms with Crippen molar-refractivity contribution in [2.75, 3.05) is 11.9 Å². The first-order valence-corrected chi connectivity index (χ1v) is 12.2. The molecule has 5 nitrogen and oxygen atoms in total. The minimum absolute atomic E-state index is 0.151. The van der Waals surface area contributed by atoms with Crippen LogP contribution in [0.15, 0.2) is 60.2 Å². The fraction of sp³-hybridized carbons (Fsp3) is 0.120. The zero-order valence-electron chi connectivity index (χ0n) is 17.9. The topological polar surface area (TPSA) is 71.3 Å². The van der Waals surface area contributed by atoms with Crippen LogP contribution in [0.5, 0.6) is 11.5 Å². The summed E-state index contributed by atoms with van der Waals surface area (Å²) in [7, 11) is 0. The number of nitriles is 1. The Morgan fingerprint density at radius 2 is 1.82 bits per heavy atom. The van der Waals surface area contributed by atoms with E-state index in [0.717, 1.165) is 9.13 Å². The highest BCUT2D eigenvalue weighted by atomic mass is 127. The molecule has 0 aliphatic carbocycles. The average Bonchev–Trinajstić information content (AvgIpc) is 2.81. The predicted molar refractivity (Wildman–Crippen MR) is 145 cm³/mol. The van der Waals surface area contributed by atoms with Crippen molar-refractivity contribution in [3.63, 3.8) is 0 Å². The molecule has 0 spiro atoms. The third-order valence-electron chi connectivity index (χ3n) is 4.50. The number of rotatable bonds is 8. The number of ether oxygens (including phenoxy) is 2. The predicted octanol–water partition coefficient (Wildman–Crippen LogP) is 7.77. The van der Waals surface area contributed by atoms with Crippen molar-refractivity contribution in [1.82, 2.24) is 0 Å². The Hall–Kier alpha value is -2.44. The maximum atomic E-state index is 12.7. The largest absolute Gasteiger partial charge is 0.490 e. The zero-order valence-corrected chi connectivity index (χ0v) is 22.3. The number of nitrogens with zero attached hydrogens (tertiary/aromatic N) is 1. The van der Waals surface area contributed by atoms with Gasteiger partial charge in [-0.2, -0.15) is 5.26 Å². The molecule has 3 aromatic rings. The van der Waals surface area contributed by atoms with Crippen LogP contribution in [-0.2, 0) is 11.4 Å². The van der Waals surface area contributed by atoms with E-state index in [1.807, 2.05) is 37.3 Å². The summed E-state index contributed by atoms with van der Waals surface area (Å²) >= 11 is 20.8. The quantitative estimate of drug-likeness (QED) is 0.157. The van der Waals surface area contributed by atoms with Crippen molar-refractivity contribution in [2.24, 2.45) is 0 Å². The van der Waals surface area contributed by atoms with Gasteiger partial charge in [0.25, 0.3) is 5.91 Å². The van der Waals surface area contributed by atoms with Crippen LogP contribution in [0, 0.1) is 14.9 Å². The van der Waals surface area contributed by atoms with Gasteiger partial charge in [0.15, 0.2) is 11.5 Å². The third kappa shape index (κ3) is 6.80. The lowest BCUT2D eigenvalue weighted by molar-refractivity contribution is -0.112. The number of amides is 1. The first-order valence-electron chi connectivity index (χ1n) is 10.0. The number of carbonyl (C=O) groups is 1. The van der Waals surface area contributed by atoms with Crippen molar-refractivity contribution >= 4 is 75.1 Å². The highest BCUT2D eigenvalue weighted by Crippen LogP contribution is 2.38. The van der Waals surface area contributed by atoms with Crippen LogP contribution in [0.1, 0.15) is 18.1 Å². The first-order chi connectivity index (χ1) is 16.3. The monoisotopic (exact) mass is 626 g/mol. The van der Waals surface area contributed by atoms with Gasteiger partial charge >= 0.3 is 0 Å². The molecule has 0 aliphatic heterocycles. The van der Waals surface area contributed by atoms with Gasteiger partial charge in [-0.15, -0.1) is 0 Å². The summed E-state index contributed by atoms with van der Waals surface area (Å²) in [6.07, 6.45) is 1.41. The van der Waals surface area contributed by atoms with Crippen LogP contribution in [0.2, 0.25) is 15.1 Å². The second kappa shape index (κ2) is 12.3. The molecule has 0 saturated carbocycles. The smallest absolute Gasteiger partial charge is 0.266 e. The molecule has 9 heteroatoms. The lowest BCUT2D eigenvalue weighted by atomic mass is 10.1. The van der Waals surface area contributed by atoms with E-state index in [9.17, 15) is 10.1 Å². The average molecular weight is 628 g/mol. The molecule has 0 bridgehead atoms. The van der Waals surface area contributed by atoms with Gasteiger partial charge < -0.3 is 14.8 Å². The molecular weight excluding hydrogens is 610 g/mol. The van der Waals surface area contributed by atoms with E-state index in [1.165, 1.54) is 6.08 Å². The molecule has 1 N–H and O–H groups in total. The summed E-state index contributed by atoms with van der Waals surface area (Å²) in [5.41, 5.74) is 1.62. The third-order valence-corrected chi connectivity index (χ3v) is 6.32. The van der Waals surface area contributed by atoms with E-state index in [0.29, 0.717) is 41.0 Å². The number of hydrogen-bond donors (Lipinski definition) is 1. The second-order valence-corrected chi connectivity index (χ2v) is 9.34. The molecule has 0 unspecified atom stereocenters. The maximum Gasteiger partial charge on any atom is 0.266 e. The summed E-state index contributed by atoms with van der Waals surface area (Å²) < 4.78 is 12.8. The Bertz CT molecular complexity index is 1270. The van der Waals surface area contributed by atoms with Gasteiger partial charge in [-0.1, -0.05) is 53.0 Å². The van der Waals surface area contributed by atoms with Crippen molar-refractivity contribution in [1.29, 1.82) is 5.26 Å². The van der Waals surface area contributed by atoms with E-state index in [4.69, 9.17) is 44.3 Å². The maximum absolute atomic E-state index is 12.7. The molecule has 0 heterocycles. The molecule has 0 fully saturated rings. The zero-order chi connectivity index (χ0) is 24.7. The summed E-state index contributed by atoms with van der Waals surface area (Å²) in [6.45, 7) is 2.52. The van der Waals surface area contributed by atoms with E-state index in [2.05, 4.69) is 27.9 Å². The van der Waals surface area contributed by atoms with Crippen molar-refractivity contribution in [2.45, 2.75) is 13.5 Å². The van der Waals surface area contributed by atoms with E-state index in [1.54, 1.807) is 30.3 Å². The molecule has 174 valence electrons. The fourth-order valence-corrected chi connectivity index (χ4v) is 3.90. The molecule has 0 aliphatic rings. The Labute approximate surface area is 226 Å². The Balaban J connectivity index is 1.86. The highest BCUT2D eigenvalue weighted by molar-refractivity contribution is 14.1. The summed E-state index contributed by atoms with van der Waals surface area (Å²) in [5.74, 6) is 0.148. The van der Waals surface area contributed by atoms with Crippen LogP contribution in [-0.4, -0.2) is 12.5 Å². The molecule has 1 amide bonds. The van der Waals surface area contributed by atoms with Crippen LogP contribution >= 0.6 is 57.4 Å². The van der Waals surface area contributed by atoms with Crippen LogP contribution in [0.3, 0.4) is 0 Å². The molecule has 3 aromatic carbocycles. The van der Waals surface area contributed by atoms with E-state index in [-0.39, 0.29) is 15.6 Å². The number of halogens is 4. The minimum atomic E-state index is -0.639. The van der Waals surface area contributed by atoms with Gasteiger partial charge in [0.05, 0.1) is 27.4 Å². The normalized spacial score (nSPS) is 11.0.